The normalized spacial score (nSPS) is 12.9. The van der Waals surface area contributed by atoms with Gasteiger partial charge in [0.25, 0.3) is 5.69 Å². The summed E-state index contributed by atoms with van der Waals surface area (Å²) in [6.07, 6.45) is -0.622. The molecule has 22 heavy (non-hydrogen) atoms. The van der Waals surface area contributed by atoms with Crippen LogP contribution in [-0.4, -0.2) is 29.8 Å². The Labute approximate surface area is 126 Å². The second kappa shape index (κ2) is 6.79. The monoisotopic (exact) mass is 309 g/mol. The van der Waals surface area contributed by atoms with Crippen molar-refractivity contribution in [3.63, 3.8) is 0 Å². The highest BCUT2D eigenvalue weighted by molar-refractivity contribution is 6.01. The van der Waals surface area contributed by atoms with Crippen LogP contribution in [-0.2, 0) is 29.5 Å². The molecule has 8 heteroatoms. The number of carbonyl (C=O) groups excluding carboxylic acids is 3. The van der Waals surface area contributed by atoms with Gasteiger partial charge in [0.05, 0.1) is 12.0 Å². The number of rotatable bonds is 6. The van der Waals surface area contributed by atoms with Gasteiger partial charge in [0, 0.05) is 24.6 Å². The zero-order chi connectivity index (χ0) is 16.9. The molecule has 1 aromatic carbocycles. The maximum absolute atomic E-state index is 12.3. The number of hydrogen-bond donors (Lipinski definition) is 0. The van der Waals surface area contributed by atoms with Crippen molar-refractivity contribution in [3.8, 4) is 0 Å². The summed E-state index contributed by atoms with van der Waals surface area (Å²) in [5.41, 5.74) is -1.97. The Kier molecular flexibility index (Phi) is 5.33. The highest BCUT2D eigenvalue weighted by Crippen LogP contribution is 2.30. The van der Waals surface area contributed by atoms with E-state index in [9.17, 15) is 24.5 Å². The number of Topliss-reactive ketones (excluding diaryl/α,β-unsaturated/α-hetero) is 1. The number of nitro benzene ring substituents is 1. The number of nitro groups is 1. The second-order valence-electron chi connectivity index (χ2n) is 4.61. The molecule has 1 unspecified atom stereocenters. The second-order valence-corrected chi connectivity index (χ2v) is 4.61. The Balaban J connectivity index is 3.29. The summed E-state index contributed by atoms with van der Waals surface area (Å²) in [5, 5.41) is 10.8. The van der Waals surface area contributed by atoms with Gasteiger partial charge in [-0.15, -0.1) is 0 Å². The van der Waals surface area contributed by atoms with Crippen LogP contribution in [0.5, 0.6) is 0 Å². The van der Waals surface area contributed by atoms with Crippen molar-refractivity contribution < 1.29 is 28.8 Å². The largest absolute Gasteiger partial charge is 0.469 e. The quantitative estimate of drug-likeness (QED) is 0.338. The lowest BCUT2D eigenvalue weighted by Gasteiger charge is -2.27. The Morgan fingerprint density at radius 3 is 2.45 bits per heavy atom. The van der Waals surface area contributed by atoms with Crippen molar-refractivity contribution in [3.05, 3.63) is 39.9 Å². The first kappa shape index (κ1) is 17.3. The zero-order valence-electron chi connectivity index (χ0n) is 12.3. The van der Waals surface area contributed by atoms with Gasteiger partial charge in [-0.1, -0.05) is 12.1 Å². The molecular weight excluding hydrogens is 294 g/mol. The number of hydrogen-bond acceptors (Lipinski definition) is 7. The van der Waals surface area contributed by atoms with E-state index in [-0.39, 0.29) is 11.3 Å². The van der Waals surface area contributed by atoms with Gasteiger partial charge in [-0.05, 0) is 6.92 Å². The van der Waals surface area contributed by atoms with Gasteiger partial charge in [0.2, 0.25) is 0 Å². The topological polar surface area (TPSA) is 113 Å². The molecule has 0 heterocycles. The van der Waals surface area contributed by atoms with Crippen LogP contribution in [0.25, 0.3) is 0 Å². The van der Waals surface area contributed by atoms with Crippen molar-refractivity contribution in [2.24, 2.45) is 0 Å². The molecule has 0 aliphatic rings. The van der Waals surface area contributed by atoms with Crippen LogP contribution in [0.4, 0.5) is 5.69 Å². The first-order valence-electron chi connectivity index (χ1n) is 6.25. The van der Waals surface area contributed by atoms with Crippen molar-refractivity contribution in [1.29, 1.82) is 0 Å². The standard InChI is InChI=1S/C14H15NO7/c1-9(16)22-14(2,12(17)8-13(18)21-3)10-5-4-6-11(7-10)15(19)20/h4-7H,8H2,1-3H3. The van der Waals surface area contributed by atoms with Crippen LogP contribution >= 0.6 is 0 Å². The smallest absolute Gasteiger partial charge is 0.313 e. The molecule has 8 nitrogen and oxygen atoms in total. The Bertz CT molecular complexity index is 625. The molecule has 0 bridgehead atoms. The Morgan fingerprint density at radius 1 is 1.32 bits per heavy atom. The highest BCUT2D eigenvalue weighted by atomic mass is 16.6. The van der Waals surface area contributed by atoms with Gasteiger partial charge in [0.15, 0.2) is 11.4 Å². The average molecular weight is 309 g/mol. The Hall–Kier alpha value is -2.77. The third-order valence-electron chi connectivity index (χ3n) is 3.02. The van der Waals surface area contributed by atoms with E-state index >= 15 is 0 Å². The van der Waals surface area contributed by atoms with E-state index in [2.05, 4.69) is 4.74 Å². The van der Waals surface area contributed by atoms with Gasteiger partial charge < -0.3 is 9.47 Å². The van der Waals surface area contributed by atoms with E-state index in [4.69, 9.17) is 4.74 Å². The van der Waals surface area contributed by atoms with E-state index in [1.807, 2.05) is 0 Å². The molecule has 0 fully saturated rings. The number of benzene rings is 1. The number of methoxy groups -OCH3 is 1. The van der Waals surface area contributed by atoms with E-state index in [1.165, 1.54) is 25.1 Å². The van der Waals surface area contributed by atoms with Gasteiger partial charge >= 0.3 is 11.9 Å². The van der Waals surface area contributed by atoms with Crippen LogP contribution in [0.3, 0.4) is 0 Å². The van der Waals surface area contributed by atoms with Crippen LogP contribution in [0.15, 0.2) is 24.3 Å². The predicted molar refractivity (Wildman–Crippen MR) is 73.9 cm³/mol. The number of non-ortho nitro benzene ring substituents is 1. The van der Waals surface area contributed by atoms with E-state index in [0.29, 0.717) is 0 Å². The fourth-order valence-corrected chi connectivity index (χ4v) is 1.85. The lowest BCUT2D eigenvalue weighted by Crippen LogP contribution is -2.38. The minimum Gasteiger partial charge on any atom is -0.469 e. The molecule has 0 aromatic heterocycles. The summed E-state index contributed by atoms with van der Waals surface area (Å²) in [6.45, 7) is 2.37. The number of nitrogens with zero attached hydrogens (tertiary/aromatic N) is 1. The van der Waals surface area contributed by atoms with Crippen LogP contribution in [0.1, 0.15) is 25.8 Å². The van der Waals surface area contributed by atoms with Crippen LogP contribution in [0, 0.1) is 10.1 Å². The SMILES string of the molecule is COC(=O)CC(=O)C(C)(OC(C)=O)c1cccc([N+](=O)[O-])c1. The van der Waals surface area contributed by atoms with Gasteiger partial charge in [-0.3, -0.25) is 24.5 Å². The molecule has 1 aromatic rings. The lowest BCUT2D eigenvalue weighted by atomic mass is 9.89. The number of esters is 2. The minimum atomic E-state index is -1.81. The fraction of sp³-hybridized carbons (Fsp3) is 0.357. The third kappa shape index (κ3) is 3.87. The van der Waals surface area contributed by atoms with Crippen molar-refractivity contribution in [2.45, 2.75) is 25.9 Å². The predicted octanol–water partition coefficient (Wildman–Crippen LogP) is 1.51. The molecule has 0 amide bonds. The summed E-state index contributed by atoms with van der Waals surface area (Å²) >= 11 is 0. The molecule has 118 valence electrons. The summed E-state index contributed by atoms with van der Waals surface area (Å²) in [4.78, 5) is 45.1. The summed E-state index contributed by atoms with van der Waals surface area (Å²) < 4.78 is 9.46. The maximum atomic E-state index is 12.3. The molecule has 0 spiro atoms. The number of ketones is 1. The summed E-state index contributed by atoms with van der Waals surface area (Å²) in [7, 11) is 1.12. The molecule has 1 atom stereocenters. The first-order chi connectivity index (χ1) is 10.2. The highest BCUT2D eigenvalue weighted by Gasteiger charge is 2.40. The minimum absolute atomic E-state index is 0.103. The zero-order valence-corrected chi connectivity index (χ0v) is 12.3. The van der Waals surface area contributed by atoms with Crippen LogP contribution < -0.4 is 0 Å². The number of ether oxygens (including phenoxy) is 2. The van der Waals surface area contributed by atoms with Gasteiger partial charge in [-0.2, -0.15) is 0 Å². The molecule has 0 radical (unpaired) electrons. The van der Waals surface area contributed by atoms with Crippen molar-refractivity contribution in [2.75, 3.05) is 7.11 Å². The molecular formula is C14H15NO7. The van der Waals surface area contributed by atoms with E-state index < -0.39 is 34.7 Å². The van der Waals surface area contributed by atoms with Crippen LogP contribution in [0.2, 0.25) is 0 Å². The van der Waals surface area contributed by atoms with Crippen molar-refractivity contribution in [1.82, 2.24) is 0 Å². The first-order valence-corrected chi connectivity index (χ1v) is 6.25. The lowest BCUT2D eigenvalue weighted by molar-refractivity contribution is -0.385. The van der Waals surface area contributed by atoms with Gasteiger partial charge in [-0.25, -0.2) is 0 Å². The number of carbonyl (C=O) groups is 3. The average Bonchev–Trinajstić information content (AvgIpc) is 2.46. The molecule has 0 aliphatic carbocycles. The molecule has 1 rings (SSSR count). The maximum Gasteiger partial charge on any atom is 0.313 e. The van der Waals surface area contributed by atoms with E-state index in [1.54, 1.807) is 0 Å². The molecule has 0 aliphatic heterocycles. The molecule has 0 saturated carbocycles. The molecule has 0 N–H and O–H groups in total. The van der Waals surface area contributed by atoms with E-state index in [0.717, 1.165) is 20.1 Å². The third-order valence-corrected chi connectivity index (χ3v) is 3.02. The van der Waals surface area contributed by atoms with Gasteiger partial charge in [0.1, 0.15) is 6.42 Å². The summed E-state index contributed by atoms with van der Waals surface area (Å²) in [6, 6.07) is 5.13. The molecule has 0 saturated heterocycles. The Morgan fingerprint density at radius 2 is 1.95 bits per heavy atom. The van der Waals surface area contributed by atoms with Crippen molar-refractivity contribution >= 4 is 23.4 Å². The fourth-order valence-electron chi connectivity index (χ4n) is 1.85. The summed E-state index contributed by atoms with van der Waals surface area (Å²) in [5.74, 6) is -2.30.